The zero-order chi connectivity index (χ0) is 14.0. The Hall–Kier alpha value is -1.65. The highest BCUT2D eigenvalue weighted by Crippen LogP contribution is 2.28. The largest absolute Gasteiger partial charge is 0.389 e. The van der Waals surface area contributed by atoms with Crippen molar-refractivity contribution in [3.63, 3.8) is 0 Å². The fraction of sp³-hybridized carbons (Fsp3) is 0.0714. The first-order chi connectivity index (χ1) is 8.97. The van der Waals surface area contributed by atoms with Gasteiger partial charge in [-0.25, -0.2) is 4.39 Å². The van der Waals surface area contributed by atoms with E-state index in [9.17, 15) is 4.39 Å². The van der Waals surface area contributed by atoms with Crippen LogP contribution < -0.4 is 11.1 Å². The van der Waals surface area contributed by atoms with Crippen molar-refractivity contribution >= 4 is 40.2 Å². The van der Waals surface area contributed by atoms with Crippen LogP contribution in [0.5, 0.6) is 0 Å². The van der Waals surface area contributed by atoms with Crippen LogP contribution in [0.25, 0.3) is 0 Å². The lowest BCUT2D eigenvalue weighted by molar-refractivity contribution is 0.628. The van der Waals surface area contributed by atoms with E-state index >= 15 is 0 Å². The first-order valence-electron chi connectivity index (χ1n) is 5.60. The van der Waals surface area contributed by atoms with Gasteiger partial charge in [-0.15, -0.1) is 0 Å². The summed E-state index contributed by atoms with van der Waals surface area (Å²) in [5, 5.41) is 3.48. The normalized spacial score (nSPS) is 10.3. The standard InChI is InChI=1S/C14H12ClFN2S/c1-8-2-5-12(10(6-8)14(17)19)18-13-7-9(16)3-4-11(13)15/h2-7,18H,1H3,(H2,17,19). The maximum atomic E-state index is 13.2. The summed E-state index contributed by atoms with van der Waals surface area (Å²) in [7, 11) is 0. The highest BCUT2D eigenvalue weighted by Gasteiger charge is 2.08. The maximum Gasteiger partial charge on any atom is 0.125 e. The summed E-state index contributed by atoms with van der Waals surface area (Å²) >= 11 is 11.0. The van der Waals surface area contributed by atoms with E-state index in [0.29, 0.717) is 22.0 Å². The molecule has 0 fully saturated rings. The SMILES string of the molecule is Cc1ccc(Nc2cc(F)ccc2Cl)c(C(N)=S)c1. The minimum Gasteiger partial charge on any atom is -0.389 e. The summed E-state index contributed by atoms with van der Waals surface area (Å²) < 4.78 is 13.2. The molecule has 2 rings (SSSR count). The number of anilines is 2. The van der Waals surface area contributed by atoms with Gasteiger partial charge in [-0.2, -0.15) is 0 Å². The summed E-state index contributed by atoms with van der Waals surface area (Å²) in [4.78, 5) is 0.277. The molecule has 3 N–H and O–H groups in total. The summed E-state index contributed by atoms with van der Waals surface area (Å²) in [6.45, 7) is 1.95. The first-order valence-corrected chi connectivity index (χ1v) is 6.38. The molecule has 0 aliphatic heterocycles. The molecule has 0 heterocycles. The lowest BCUT2D eigenvalue weighted by atomic mass is 10.1. The van der Waals surface area contributed by atoms with E-state index in [4.69, 9.17) is 29.6 Å². The molecule has 19 heavy (non-hydrogen) atoms. The molecule has 2 aromatic carbocycles. The molecule has 0 atom stereocenters. The molecule has 0 saturated carbocycles. The molecule has 98 valence electrons. The number of nitrogens with two attached hydrogens (primary N) is 1. The predicted molar refractivity (Wildman–Crippen MR) is 81.8 cm³/mol. The molecule has 0 aliphatic carbocycles. The molecule has 0 saturated heterocycles. The van der Waals surface area contributed by atoms with Crippen LogP contribution >= 0.6 is 23.8 Å². The van der Waals surface area contributed by atoms with Crippen molar-refractivity contribution in [1.29, 1.82) is 0 Å². The fourth-order valence-electron chi connectivity index (χ4n) is 1.71. The van der Waals surface area contributed by atoms with E-state index in [1.807, 2.05) is 25.1 Å². The van der Waals surface area contributed by atoms with Crippen LogP contribution in [0.3, 0.4) is 0 Å². The van der Waals surface area contributed by atoms with Gasteiger partial charge in [0.2, 0.25) is 0 Å². The highest BCUT2D eigenvalue weighted by molar-refractivity contribution is 7.80. The van der Waals surface area contributed by atoms with E-state index in [1.54, 1.807) is 0 Å². The third kappa shape index (κ3) is 3.22. The van der Waals surface area contributed by atoms with E-state index in [1.165, 1.54) is 18.2 Å². The predicted octanol–water partition coefficient (Wildman–Crippen LogP) is 4.17. The number of benzene rings is 2. The summed E-state index contributed by atoms with van der Waals surface area (Å²) in [6.07, 6.45) is 0. The third-order valence-corrected chi connectivity index (χ3v) is 3.19. The van der Waals surface area contributed by atoms with Crippen LogP contribution in [-0.4, -0.2) is 4.99 Å². The molecule has 0 spiro atoms. The minimum absolute atomic E-state index is 0.277. The topological polar surface area (TPSA) is 38.0 Å². The van der Waals surface area contributed by atoms with E-state index < -0.39 is 0 Å². The Balaban J connectivity index is 2.43. The van der Waals surface area contributed by atoms with Crippen molar-refractivity contribution in [2.24, 2.45) is 5.73 Å². The van der Waals surface area contributed by atoms with Crippen LogP contribution in [0, 0.1) is 12.7 Å². The average molecular weight is 295 g/mol. The Morgan fingerprint density at radius 1 is 1.21 bits per heavy atom. The summed E-state index contributed by atoms with van der Waals surface area (Å²) in [6, 6.07) is 9.75. The quantitative estimate of drug-likeness (QED) is 0.835. The fourth-order valence-corrected chi connectivity index (χ4v) is 2.04. The second-order valence-corrected chi connectivity index (χ2v) is 5.01. The monoisotopic (exact) mass is 294 g/mol. The van der Waals surface area contributed by atoms with Crippen LogP contribution in [0.4, 0.5) is 15.8 Å². The van der Waals surface area contributed by atoms with Gasteiger partial charge in [-0.3, -0.25) is 0 Å². The van der Waals surface area contributed by atoms with Gasteiger partial charge in [0, 0.05) is 11.3 Å². The lowest BCUT2D eigenvalue weighted by Crippen LogP contribution is -2.12. The number of thiocarbonyl (C=S) groups is 1. The molecular weight excluding hydrogens is 283 g/mol. The van der Waals surface area contributed by atoms with Gasteiger partial charge in [0.15, 0.2) is 0 Å². The summed E-state index contributed by atoms with van der Waals surface area (Å²) in [5.41, 5.74) is 8.61. The molecule has 2 nitrogen and oxygen atoms in total. The van der Waals surface area contributed by atoms with Gasteiger partial charge in [-0.05, 0) is 37.3 Å². The molecule has 0 bridgehead atoms. The molecule has 0 aliphatic rings. The smallest absolute Gasteiger partial charge is 0.125 e. The highest BCUT2D eigenvalue weighted by atomic mass is 35.5. The van der Waals surface area contributed by atoms with Gasteiger partial charge in [0.1, 0.15) is 10.8 Å². The second-order valence-electron chi connectivity index (χ2n) is 4.16. The van der Waals surface area contributed by atoms with Crippen molar-refractivity contribution in [1.82, 2.24) is 0 Å². The number of aryl methyl sites for hydroxylation is 1. The number of hydrogen-bond acceptors (Lipinski definition) is 2. The van der Waals surface area contributed by atoms with Gasteiger partial charge in [0.25, 0.3) is 0 Å². The lowest BCUT2D eigenvalue weighted by Gasteiger charge is -2.13. The Morgan fingerprint density at radius 2 is 1.95 bits per heavy atom. The number of rotatable bonds is 3. The van der Waals surface area contributed by atoms with Crippen LogP contribution in [0.2, 0.25) is 5.02 Å². The molecular formula is C14H12ClFN2S. The van der Waals surface area contributed by atoms with Gasteiger partial charge < -0.3 is 11.1 Å². The average Bonchev–Trinajstić information content (AvgIpc) is 2.35. The van der Waals surface area contributed by atoms with Crippen LogP contribution in [0.15, 0.2) is 36.4 Å². The van der Waals surface area contributed by atoms with Crippen LogP contribution in [-0.2, 0) is 0 Å². The third-order valence-electron chi connectivity index (χ3n) is 2.64. The van der Waals surface area contributed by atoms with Crippen molar-refractivity contribution in [2.45, 2.75) is 6.92 Å². The molecule has 0 aromatic heterocycles. The zero-order valence-electron chi connectivity index (χ0n) is 10.2. The Labute approximate surface area is 121 Å². The van der Waals surface area contributed by atoms with Crippen molar-refractivity contribution in [3.8, 4) is 0 Å². The van der Waals surface area contributed by atoms with Gasteiger partial charge >= 0.3 is 0 Å². The Morgan fingerprint density at radius 3 is 2.63 bits per heavy atom. The van der Waals surface area contributed by atoms with Gasteiger partial charge in [-0.1, -0.05) is 35.4 Å². The summed E-state index contributed by atoms with van der Waals surface area (Å²) in [5.74, 6) is -0.365. The molecule has 0 unspecified atom stereocenters. The Bertz CT molecular complexity index is 643. The van der Waals surface area contributed by atoms with Gasteiger partial charge in [0.05, 0.1) is 10.7 Å². The van der Waals surface area contributed by atoms with Crippen LogP contribution in [0.1, 0.15) is 11.1 Å². The molecule has 5 heteroatoms. The molecule has 0 amide bonds. The Kier molecular flexibility index (Phi) is 4.02. The minimum atomic E-state index is -0.365. The number of hydrogen-bond donors (Lipinski definition) is 2. The maximum absolute atomic E-state index is 13.2. The van der Waals surface area contributed by atoms with Crippen molar-refractivity contribution < 1.29 is 4.39 Å². The molecule has 2 aromatic rings. The van der Waals surface area contributed by atoms with E-state index in [-0.39, 0.29) is 10.8 Å². The van der Waals surface area contributed by atoms with Crippen molar-refractivity contribution in [3.05, 3.63) is 58.4 Å². The number of halogens is 2. The zero-order valence-corrected chi connectivity index (χ0v) is 11.8. The molecule has 0 radical (unpaired) electrons. The first kappa shape index (κ1) is 13.8. The van der Waals surface area contributed by atoms with Crippen molar-refractivity contribution in [2.75, 3.05) is 5.32 Å². The second kappa shape index (κ2) is 5.55. The number of nitrogens with one attached hydrogen (secondary N) is 1. The van der Waals surface area contributed by atoms with E-state index in [2.05, 4.69) is 5.32 Å². The van der Waals surface area contributed by atoms with E-state index in [0.717, 1.165) is 5.56 Å².